The fourth-order valence-corrected chi connectivity index (χ4v) is 1.25. The van der Waals surface area contributed by atoms with E-state index in [1.165, 1.54) is 0 Å². The van der Waals surface area contributed by atoms with Crippen LogP contribution < -0.4 is 4.74 Å². The van der Waals surface area contributed by atoms with Gasteiger partial charge >= 0.3 is 0 Å². The van der Waals surface area contributed by atoms with Crippen LogP contribution in [0.1, 0.15) is 26.3 Å². The molecule has 2 nitrogen and oxygen atoms in total. The third-order valence-corrected chi connectivity index (χ3v) is 1.82. The number of nitrogens with zero attached hydrogens (tertiary/aromatic N) is 1. The standard InChI is InChI=1S/C12H17NO/c1-5-14-11-6-7-12(10(4)8-11)13-9(2)3/h6-8H,5H2,1-4H3. The number of benzene rings is 1. The molecule has 0 radical (unpaired) electrons. The van der Waals surface area contributed by atoms with Crippen LogP contribution in [0.15, 0.2) is 23.2 Å². The molecule has 0 saturated carbocycles. The SMILES string of the molecule is CCOc1ccc(N=C(C)C)c(C)c1. The molecule has 76 valence electrons. The van der Waals surface area contributed by atoms with Gasteiger partial charge in [0.25, 0.3) is 0 Å². The maximum absolute atomic E-state index is 5.40. The molecule has 2 heteroatoms. The van der Waals surface area contributed by atoms with E-state index in [-0.39, 0.29) is 0 Å². The van der Waals surface area contributed by atoms with Gasteiger partial charge in [-0.2, -0.15) is 0 Å². The number of aryl methyl sites for hydroxylation is 1. The molecule has 0 saturated heterocycles. The fraction of sp³-hybridized carbons (Fsp3) is 0.417. The molecule has 1 rings (SSSR count). The van der Waals surface area contributed by atoms with Crippen LogP contribution in [-0.2, 0) is 0 Å². The first-order chi connectivity index (χ1) is 6.63. The zero-order valence-corrected chi connectivity index (χ0v) is 9.29. The van der Waals surface area contributed by atoms with Crippen molar-refractivity contribution < 1.29 is 4.74 Å². The van der Waals surface area contributed by atoms with Gasteiger partial charge in [-0.1, -0.05) is 0 Å². The third kappa shape index (κ3) is 2.87. The van der Waals surface area contributed by atoms with Crippen molar-refractivity contribution >= 4 is 11.4 Å². The first-order valence-corrected chi connectivity index (χ1v) is 4.89. The Morgan fingerprint density at radius 2 is 2.07 bits per heavy atom. The summed E-state index contributed by atoms with van der Waals surface area (Å²) >= 11 is 0. The Morgan fingerprint density at radius 3 is 2.57 bits per heavy atom. The molecule has 0 unspecified atom stereocenters. The summed E-state index contributed by atoms with van der Waals surface area (Å²) in [7, 11) is 0. The van der Waals surface area contributed by atoms with Crippen LogP contribution in [0.2, 0.25) is 0 Å². The Bertz CT molecular complexity index is 338. The van der Waals surface area contributed by atoms with Gasteiger partial charge in [0.2, 0.25) is 0 Å². The van der Waals surface area contributed by atoms with Crippen molar-refractivity contribution in [1.82, 2.24) is 0 Å². The average molecular weight is 191 g/mol. The van der Waals surface area contributed by atoms with E-state index in [2.05, 4.69) is 4.99 Å². The highest BCUT2D eigenvalue weighted by molar-refractivity contribution is 5.82. The number of hydrogen-bond donors (Lipinski definition) is 0. The van der Waals surface area contributed by atoms with E-state index >= 15 is 0 Å². The molecule has 0 aliphatic heterocycles. The quantitative estimate of drug-likeness (QED) is 0.670. The number of aliphatic imine (C=N–C) groups is 1. The van der Waals surface area contributed by atoms with Crippen molar-refractivity contribution in [2.24, 2.45) is 4.99 Å². The number of rotatable bonds is 3. The smallest absolute Gasteiger partial charge is 0.119 e. The zero-order valence-electron chi connectivity index (χ0n) is 9.29. The minimum atomic E-state index is 0.703. The second kappa shape index (κ2) is 4.80. The van der Waals surface area contributed by atoms with Crippen molar-refractivity contribution in [2.45, 2.75) is 27.7 Å². The predicted molar refractivity (Wildman–Crippen MR) is 60.8 cm³/mol. The maximum Gasteiger partial charge on any atom is 0.119 e. The van der Waals surface area contributed by atoms with Gasteiger partial charge in [-0.3, -0.25) is 4.99 Å². The lowest BCUT2D eigenvalue weighted by Crippen LogP contribution is -1.91. The summed E-state index contributed by atoms with van der Waals surface area (Å²) in [6.45, 7) is 8.72. The van der Waals surface area contributed by atoms with Gasteiger partial charge in [-0.05, 0) is 51.5 Å². The summed E-state index contributed by atoms with van der Waals surface area (Å²) in [4.78, 5) is 4.42. The van der Waals surface area contributed by atoms with Crippen LogP contribution in [0.25, 0.3) is 0 Å². The Labute approximate surface area is 85.6 Å². The van der Waals surface area contributed by atoms with Crippen LogP contribution in [0.4, 0.5) is 5.69 Å². The molecular formula is C12H17NO. The summed E-state index contributed by atoms with van der Waals surface area (Å²) in [6.07, 6.45) is 0. The lowest BCUT2D eigenvalue weighted by atomic mass is 10.2. The molecule has 1 aromatic carbocycles. The van der Waals surface area contributed by atoms with Gasteiger partial charge in [0.05, 0.1) is 12.3 Å². The van der Waals surface area contributed by atoms with Gasteiger partial charge in [-0.25, -0.2) is 0 Å². The molecule has 0 fully saturated rings. The van der Waals surface area contributed by atoms with Crippen molar-refractivity contribution in [3.05, 3.63) is 23.8 Å². The summed E-state index contributed by atoms with van der Waals surface area (Å²) in [6, 6.07) is 5.97. The Morgan fingerprint density at radius 1 is 1.36 bits per heavy atom. The van der Waals surface area contributed by atoms with Gasteiger partial charge in [-0.15, -0.1) is 0 Å². The molecule has 0 bridgehead atoms. The normalized spacial score (nSPS) is 9.71. The van der Waals surface area contributed by atoms with E-state index in [0.717, 1.165) is 22.7 Å². The summed E-state index contributed by atoms with van der Waals surface area (Å²) in [5, 5.41) is 0. The van der Waals surface area contributed by atoms with E-state index in [4.69, 9.17) is 4.74 Å². The lowest BCUT2D eigenvalue weighted by molar-refractivity contribution is 0.340. The first-order valence-electron chi connectivity index (χ1n) is 4.89. The van der Waals surface area contributed by atoms with Crippen molar-refractivity contribution in [1.29, 1.82) is 0 Å². The topological polar surface area (TPSA) is 21.6 Å². The summed E-state index contributed by atoms with van der Waals surface area (Å²) in [5.41, 5.74) is 3.24. The van der Waals surface area contributed by atoms with E-state index in [0.29, 0.717) is 6.61 Å². The summed E-state index contributed by atoms with van der Waals surface area (Å²) in [5.74, 6) is 0.915. The molecule has 0 aliphatic rings. The molecule has 0 N–H and O–H groups in total. The molecular weight excluding hydrogens is 174 g/mol. The van der Waals surface area contributed by atoms with Crippen molar-refractivity contribution in [2.75, 3.05) is 6.61 Å². The van der Waals surface area contributed by atoms with E-state index in [9.17, 15) is 0 Å². The molecule has 0 amide bonds. The van der Waals surface area contributed by atoms with Gasteiger partial charge in [0.15, 0.2) is 0 Å². The Hall–Kier alpha value is -1.31. The van der Waals surface area contributed by atoms with Gasteiger partial charge < -0.3 is 4.74 Å². The molecule has 0 spiro atoms. The van der Waals surface area contributed by atoms with E-state index < -0.39 is 0 Å². The highest BCUT2D eigenvalue weighted by Gasteiger charge is 1.98. The Kier molecular flexibility index (Phi) is 3.69. The lowest BCUT2D eigenvalue weighted by Gasteiger charge is -2.06. The maximum atomic E-state index is 5.40. The minimum absolute atomic E-state index is 0.703. The highest BCUT2D eigenvalue weighted by atomic mass is 16.5. The molecule has 0 aromatic heterocycles. The molecule has 0 atom stereocenters. The molecule has 0 heterocycles. The average Bonchev–Trinajstić information content (AvgIpc) is 2.10. The predicted octanol–water partition coefficient (Wildman–Crippen LogP) is 3.51. The highest BCUT2D eigenvalue weighted by Crippen LogP contribution is 2.23. The minimum Gasteiger partial charge on any atom is -0.494 e. The van der Waals surface area contributed by atoms with E-state index in [1.54, 1.807) is 0 Å². The summed E-state index contributed by atoms with van der Waals surface area (Å²) < 4.78 is 5.40. The Balaban J connectivity index is 2.95. The van der Waals surface area contributed by atoms with E-state index in [1.807, 2.05) is 45.9 Å². The molecule has 14 heavy (non-hydrogen) atoms. The second-order valence-electron chi connectivity index (χ2n) is 3.44. The first kappa shape index (κ1) is 10.8. The van der Waals surface area contributed by atoms with Crippen LogP contribution in [-0.4, -0.2) is 12.3 Å². The van der Waals surface area contributed by atoms with Crippen LogP contribution >= 0.6 is 0 Å². The van der Waals surface area contributed by atoms with Crippen LogP contribution in [0.3, 0.4) is 0 Å². The van der Waals surface area contributed by atoms with Crippen LogP contribution in [0.5, 0.6) is 5.75 Å². The largest absolute Gasteiger partial charge is 0.494 e. The number of ether oxygens (including phenoxy) is 1. The van der Waals surface area contributed by atoms with Crippen molar-refractivity contribution in [3.8, 4) is 5.75 Å². The van der Waals surface area contributed by atoms with Gasteiger partial charge in [0, 0.05) is 5.71 Å². The number of hydrogen-bond acceptors (Lipinski definition) is 2. The van der Waals surface area contributed by atoms with Crippen molar-refractivity contribution in [3.63, 3.8) is 0 Å². The monoisotopic (exact) mass is 191 g/mol. The zero-order chi connectivity index (χ0) is 10.6. The second-order valence-corrected chi connectivity index (χ2v) is 3.44. The van der Waals surface area contributed by atoms with Gasteiger partial charge in [0.1, 0.15) is 5.75 Å². The fourth-order valence-electron chi connectivity index (χ4n) is 1.25. The third-order valence-electron chi connectivity index (χ3n) is 1.82. The molecule has 1 aromatic rings. The molecule has 0 aliphatic carbocycles. The van der Waals surface area contributed by atoms with Crippen LogP contribution in [0, 0.1) is 6.92 Å².